The van der Waals surface area contributed by atoms with Crippen LogP contribution in [0.1, 0.15) is 60.8 Å². The molecule has 0 saturated heterocycles. The van der Waals surface area contributed by atoms with E-state index in [2.05, 4.69) is 20.6 Å². The smallest absolute Gasteiger partial charge is 0.276 e. The van der Waals surface area contributed by atoms with Gasteiger partial charge in [-0.25, -0.2) is 9.97 Å². The van der Waals surface area contributed by atoms with Crippen LogP contribution in [0.4, 0.5) is 11.5 Å². The maximum absolute atomic E-state index is 13.0. The summed E-state index contributed by atoms with van der Waals surface area (Å²) in [6.45, 7) is 3.45. The van der Waals surface area contributed by atoms with Crippen LogP contribution in [-0.2, 0) is 5.66 Å². The summed E-state index contributed by atoms with van der Waals surface area (Å²) in [4.78, 5) is 33.7. The number of halogens is 1. The number of carbonyl (C=O) groups is 1. The number of pyridine rings is 1. The van der Waals surface area contributed by atoms with Gasteiger partial charge >= 0.3 is 0 Å². The second kappa shape index (κ2) is 6.16. The second-order valence-corrected chi connectivity index (χ2v) is 7.73. The van der Waals surface area contributed by atoms with E-state index in [1.165, 1.54) is 23.2 Å². The van der Waals surface area contributed by atoms with Crippen LogP contribution in [-0.4, -0.2) is 26.7 Å². The number of rotatable bonds is 4. The zero-order chi connectivity index (χ0) is 19.3. The molecule has 3 N–H and O–H groups in total. The Kier molecular flexibility index (Phi) is 4.03. The van der Waals surface area contributed by atoms with Crippen molar-refractivity contribution in [2.75, 3.05) is 5.32 Å². The zero-order valence-corrected chi connectivity index (χ0v) is 15.7. The Morgan fingerprint density at radius 3 is 2.74 bits per heavy atom. The Hall–Kier alpha value is -2.74. The molecule has 2 aromatic rings. The number of aromatic nitrogens is 3. The third kappa shape index (κ3) is 2.71. The maximum Gasteiger partial charge on any atom is 0.276 e. The van der Waals surface area contributed by atoms with Crippen molar-refractivity contribution >= 4 is 35.2 Å². The highest BCUT2D eigenvalue weighted by atomic mass is 35.5. The molecular formula is C18H19ClN6O2. The van der Waals surface area contributed by atoms with E-state index in [0.717, 1.165) is 25.0 Å². The molecule has 4 rings (SSSR count). The summed E-state index contributed by atoms with van der Waals surface area (Å²) in [5.41, 5.74) is 0.433. The van der Waals surface area contributed by atoms with Crippen molar-refractivity contribution in [3.05, 3.63) is 44.7 Å². The summed E-state index contributed by atoms with van der Waals surface area (Å²) in [5.74, 6) is 0.310. The lowest BCUT2D eigenvalue weighted by molar-refractivity contribution is 0.0935. The fraction of sp³-hybridized carbons (Fsp3) is 0.389. The molecule has 2 aliphatic rings. The summed E-state index contributed by atoms with van der Waals surface area (Å²) in [5, 5.41) is 13.7. The predicted octanol–water partition coefficient (Wildman–Crippen LogP) is 2.74. The van der Waals surface area contributed by atoms with E-state index >= 15 is 0 Å². The summed E-state index contributed by atoms with van der Waals surface area (Å²) in [7, 11) is 0. The van der Waals surface area contributed by atoms with Gasteiger partial charge in [0.2, 0.25) is 0 Å². The van der Waals surface area contributed by atoms with Gasteiger partial charge in [-0.1, -0.05) is 18.0 Å². The zero-order valence-electron chi connectivity index (χ0n) is 15.0. The highest BCUT2D eigenvalue weighted by Gasteiger charge is 2.38. The molecule has 0 bridgehead atoms. The lowest BCUT2D eigenvalue weighted by atomic mass is 9.81. The van der Waals surface area contributed by atoms with Crippen LogP contribution in [0.3, 0.4) is 0 Å². The first-order valence-electron chi connectivity index (χ1n) is 8.74. The normalized spacial score (nSPS) is 17.8. The van der Waals surface area contributed by atoms with Crippen LogP contribution in [0.25, 0.3) is 0 Å². The van der Waals surface area contributed by atoms with Crippen molar-refractivity contribution in [3.63, 3.8) is 0 Å². The van der Waals surface area contributed by atoms with Crippen molar-refractivity contribution < 1.29 is 4.79 Å². The minimum atomic E-state index is -0.891. The van der Waals surface area contributed by atoms with Crippen molar-refractivity contribution in [3.8, 4) is 0 Å². The number of carbonyl (C=O) groups excluding carboxylic acids is 1. The van der Waals surface area contributed by atoms with E-state index < -0.39 is 11.2 Å². The molecule has 8 nitrogen and oxygen atoms in total. The van der Waals surface area contributed by atoms with Gasteiger partial charge in [-0.2, -0.15) is 0 Å². The fourth-order valence-corrected chi connectivity index (χ4v) is 3.88. The molecule has 140 valence electrons. The molecular weight excluding hydrogens is 368 g/mol. The van der Waals surface area contributed by atoms with E-state index in [4.69, 9.17) is 17.0 Å². The van der Waals surface area contributed by atoms with Crippen LogP contribution in [0.5, 0.6) is 0 Å². The number of nitrogens with one attached hydrogen (secondary N) is 3. The first-order chi connectivity index (χ1) is 12.8. The third-order valence-electron chi connectivity index (χ3n) is 5.15. The topological polar surface area (TPSA) is 113 Å². The minimum Gasteiger partial charge on any atom is -0.335 e. The number of fused-ring (bicyclic) bond motifs is 1. The van der Waals surface area contributed by atoms with Crippen LogP contribution in [0, 0.1) is 5.41 Å². The Morgan fingerprint density at radius 1 is 1.37 bits per heavy atom. The van der Waals surface area contributed by atoms with Crippen LogP contribution < -0.4 is 16.2 Å². The lowest BCUT2D eigenvalue weighted by Crippen LogP contribution is -2.42. The van der Waals surface area contributed by atoms with Gasteiger partial charge in [0.05, 0.1) is 16.3 Å². The molecule has 3 heterocycles. The molecule has 1 amide bonds. The average molecular weight is 387 g/mol. The molecule has 1 aliphatic heterocycles. The van der Waals surface area contributed by atoms with Crippen molar-refractivity contribution in [1.29, 1.82) is 5.41 Å². The van der Waals surface area contributed by atoms with E-state index in [-0.39, 0.29) is 22.3 Å². The van der Waals surface area contributed by atoms with Crippen molar-refractivity contribution in [2.45, 2.75) is 44.7 Å². The molecule has 0 spiro atoms. The minimum absolute atomic E-state index is 0.141. The fourth-order valence-electron chi connectivity index (χ4n) is 3.60. The van der Waals surface area contributed by atoms with E-state index in [1.807, 2.05) is 0 Å². The summed E-state index contributed by atoms with van der Waals surface area (Å²) < 4.78 is 1.35. The third-order valence-corrected chi connectivity index (χ3v) is 5.44. The molecule has 2 aromatic heterocycles. The van der Waals surface area contributed by atoms with Crippen molar-refractivity contribution in [2.24, 2.45) is 0 Å². The number of hydrogen-bond acceptors (Lipinski definition) is 6. The van der Waals surface area contributed by atoms with Gasteiger partial charge in [0, 0.05) is 12.1 Å². The van der Waals surface area contributed by atoms with Gasteiger partial charge in [0.1, 0.15) is 29.2 Å². The molecule has 1 saturated carbocycles. The van der Waals surface area contributed by atoms with Gasteiger partial charge in [0.15, 0.2) is 0 Å². The van der Waals surface area contributed by atoms with E-state index in [1.54, 1.807) is 13.8 Å². The standard InChI is InChI=1S/C18H19ClN6O2/c1-18(2)24-16(26)14-11(19)6-12(17(27)25(14)18)23-15-10(7-20)13(21-8-22-15)9-4-3-5-9/h6-9,20H,3-5H2,1-2H3,(H,24,26)(H,21,22,23). The predicted molar refractivity (Wildman–Crippen MR) is 102 cm³/mol. The molecule has 0 atom stereocenters. The van der Waals surface area contributed by atoms with Gasteiger partial charge in [0.25, 0.3) is 11.5 Å². The number of anilines is 2. The van der Waals surface area contributed by atoms with Gasteiger partial charge < -0.3 is 16.0 Å². The molecule has 1 aliphatic carbocycles. The summed E-state index contributed by atoms with van der Waals surface area (Å²) in [6, 6.07) is 1.43. The quantitative estimate of drug-likeness (QED) is 0.699. The number of hydrogen-bond donors (Lipinski definition) is 3. The molecule has 0 aromatic carbocycles. The maximum atomic E-state index is 13.0. The Labute approximate surface area is 160 Å². The highest BCUT2D eigenvalue weighted by Crippen LogP contribution is 2.38. The summed E-state index contributed by atoms with van der Waals surface area (Å²) >= 11 is 6.28. The Morgan fingerprint density at radius 2 is 2.11 bits per heavy atom. The SMILES string of the molecule is CC1(C)NC(=O)c2c(Cl)cc(Nc3ncnc(C4CCC4)c3C=N)c(=O)n21. The van der Waals surface area contributed by atoms with Gasteiger partial charge in [-0.3, -0.25) is 14.2 Å². The van der Waals surface area contributed by atoms with E-state index in [0.29, 0.717) is 17.3 Å². The first kappa shape index (κ1) is 17.7. The molecule has 1 fully saturated rings. The number of nitrogens with zero attached hydrogens (tertiary/aromatic N) is 3. The van der Waals surface area contributed by atoms with Gasteiger partial charge in [-0.15, -0.1) is 0 Å². The van der Waals surface area contributed by atoms with Crippen LogP contribution in [0.2, 0.25) is 5.02 Å². The molecule has 0 radical (unpaired) electrons. The number of amides is 1. The Balaban J connectivity index is 1.81. The highest BCUT2D eigenvalue weighted by molar-refractivity contribution is 6.34. The van der Waals surface area contributed by atoms with Crippen molar-refractivity contribution in [1.82, 2.24) is 19.9 Å². The monoisotopic (exact) mass is 386 g/mol. The largest absolute Gasteiger partial charge is 0.335 e. The lowest BCUT2D eigenvalue weighted by Gasteiger charge is -2.26. The van der Waals surface area contributed by atoms with E-state index in [9.17, 15) is 9.59 Å². The van der Waals surface area contributed by atoms with Crippen LogP contribution in [0.15, 0.2) is 17.2 Å². The molecule has 0 unspecified atom stereocenters. The molecule has 9 heteroatoms. The Bertz CT molecular complexity index is 1030. The second-order valence-electron chi connectivity index (χ2n) is 7.33. The van der Waals surface area contributed by atoms with Gasteiger partial charge in [-0.05, 0) is 32.8 Å². The van der Waals surface area contributed by atoms with Crippen LogP contribution >= 0.6 is 11.6 Å². The average Bonchev–Trinajstić information content (AvgIpc) is 2.80. The molecule has 27 heavy (non-hydrogen) atoms. The first-order valence-corrected chi connectivity index (χ1v) is 9.12. The summed E-state index contributed by atoms with van der Waals surface area (Å²) in [6.07, 6.45) is 5.86.